The topological polar surface area (TPSA) is 87.3 Å². The van der Waals surface area contributed by atoms with Crippen LogP contribution >= 0.6 is 23.4 Å². The molecule has 2 N–H and O–H groups in total. The number of thioether (sulfide) groups is 1. The number of carbonyl (C=O) groups excluding carboxylic acids is 1. The Bertz CT molecular complexity index is 1490. The molecular weight excluding hydrogens is 525 g/mol. The van der Waals surface area contributed by atoms with Crippen molar-refractivity contribution in [3.05, 3.63) is 99.7 Å². The van der Waals surface area contributed by atoms with E-state index >= 15 is 0 Å². The Labute approximate surface area is 229 Å². The number of rotatable bonds is 8. The zero-order valence-electron chi connectivity index (χ0n) is 20.8. The SMILES string of the molecule is CCOC(=O)C(N)CS[C@H]1c2cc(OCc3ccc4cc(F)c(Cl)cc4n3)ccc2CCc2ncccc21. The van der Waals surface area contributed by atoms with Crippen LogP contribution in [0, 0.1) is 5.82 Å². The smallest absolute Gasteiger partial charge is 0.323 e. The van der Waals surface area contributed by atoms with Gasteiger partial charge in [0.15, 0.2) is 0 Å². The van der Waals surface area contributed by atoms with Gasteiger partial charge in [0, 0.05) is 23.0 Å². The van der Waals surface area contributed by atoms with E-state index in [1.807, 2.05) is 24.4 Å². The molecule has 0 saturated carbocycles. The van der Waals surface area contributed by atoms with Gasteiger partial charge in [-0.25, -0.2) is 9.37 Å². The van der Waals surface area contributed by atoms with Gasteiger partial charge in [0.25, 0.3) is 0 Å². The van der Waals surface area contributed by atoms with Crippen LogP contribution in [0.5, 0.6) is 5.75 Å². The second kappa shape index (κ2) is 11.7. The maximum absolute atomic E-state index is 13.8. The van der Waals surface area contributed by atoms with Gasteiger partial charge < -0.3 is 15.2 Å². The monoisotopic (exact) mass is 551 g/mol. The number of fused-ring (bicyclic) bond motifs is 3. The quantitative estimate of drug-likeness (QED) is 0.276. The Balaban J connectivity index is 1.39. The van der Waals surface area contributed by atoms with Crippen LogP contribution in [0.4, 0.5) is 4.39 Å². The van der Waals surface area contributed by atoms with Gasteiger partial charge in [-0.2, -0.15) is 0 Å². The number of pyridine rings is 2. The molecule has 0 radical (unpaired) electrons. The van der Waals surface area contributed by atoms with Crippen LogP contribution < -0.4 is 10.5 Å². The highest BCUT2D eigenvalue weighted by Crippen LogP contribution is 2.42. The lowest BCUT2D eigenvalue weighted by molar-refractivity contribution is -0.144. The number of nitrogens with two attached hydrogens (primary N) is 1. The third-order valence-corrected chi connectivity index (χ3v) is 8.13. The molecule has 0 amide bonds. The average molecular weight is 552 g/mol. The molecule has 6 nitrogen and oxygen atoms in total. The number of benzene rings is 2. The minimum absolute atomic E-state index is 0.0369. The summed E-state index contributed by atoms with van der Waals surface area (Å²) in [6.45, 7) is 2.31. The lowest BCUT2D eigenvalue weighted by Crippen LogP contribution is -2.34. The van der Waals surface area contributed by atoms with E-state index in [0.717, 1.165) is 29.7 Å². The summed E-state index contributed by atoms with van der Waals surface area (Å²) in [5.74, 6) is 0.244. The van der Waals surface area contributed by atoms with Crippen molar-refractivity contribution < 1.29 is 18.7 Å². The number of halogens is 2. The molecule has 0 saturated heterocycles. The van der Waals surface area contributed by atoms with Gasteiger partial charge in [-0.3, -0.25) is 9.78 Å². The van der Waals surface area contributed by atoms with Gasteiger partial charge in [0.1, 0.15) is 24.2 Å². The fraction of sp³-hybridized carbons (Fsp3) is 0.276. The van der Waals surface area contributed by atoms with E-state index in [1.54, 1.807) is 24.8 Å². The lowest BCUT2D eigenvalue weighted by Gasteiger charge is -2.22. The third kappa shape index (κ3) is 5.77. The zero-order valence-corrected chi connectivity index (χ0v) is 22.4. The summed E-state index contributed by atoms with van der Waals surface area (Å²) < 4.78 is 25.0. The number of aromatic nitrogens is 2. The first-order valence-corrected chi connectivity index (χ1v) is 13.8. The third-order valence-electron chi connectivity index (χ3n) is 6.45. The van der Waals surface area contributed by atoms with Crippen molar-refractivity contribution in [1.29, 1.82) is 0 Å². The molecule has 1 unspecified atom stereocenters. The molecule has 1 aliphatic carbocycles. The molecular formula is C29H27ClFN3O3S. The van der Waals surface area contributed by atoms with E-state index in [0.29, 0.717) is 34.7 Å². The minimum Gasteiger partial charge on any atom is -0.487 e. The van der Waals surface area contributed by atoms with E-state index in [2.05, 4.69) is 28.2 Å². The normalized spacial score (nSPS) is 15.3. The Kier molecular flexibility index (Phi) is 8.12. The van der Waals surface area contributed by atoms with Crippen LogP contribution in [0.3, 0.4) is 0 Å². The predicted octanol–water partition coefficient (Wildman–Crippen LogP) is 5.81. The molecule has 9 heteroatoms. The number of carbonyl (C=O) groups is 1. The highest BCUT2D eigenvalue weighted by atomic mass is 35.5. The Hall–Kier alpha value is -3.20. The van der Waals surface area contributed by atoms with Crippen LogP contribution in [0.1, 0.15) is 40.3 Å². The highest BCUT2D eigenvalue weighted by Gasteiger charge is 2.27. The molecule has 196 valence electrons. The molecule has 1 aliphatic rings. The first kappa shape index (κ1) is 26.4. The van der Waals surface area contributed by atoms with Gasteiger partial charge in [-0.15, -0.1) is 11.8 Å². The summed E-state index contributed by atoms with van der Waals surface area (Å²) in [6.07, 6.45) is 3.49. The second-order valence-corrected chi connectivity index (χ2v) is 10.6. The van der Waals surface area contributed by atoms with Crippen molar-refractivity contribution in [1.82, 2.24) is 9.97 Å². The molecule has 38 heavy (non-hydrogen) atoms. The van der Waals surface area contributed by atoms with Crippen molar-refractivity contribution >= 4 is 40.2 Å². The molecule has 0 aliphatic heterocycles. The Morgan fingerprint density at radius 3 is 2.89 bits per heavy atom. The number of hydrogen-bond acceptors (Lipinski definition) is 7. The molecule has 4 aromatic rings. The van der Waals surface area contributed by atoms with Crippen LogP contribution in [0.25, 0.3) is 10.9 Å². The summed E-state index contributed by atoms with van der Waals surface area (Å²) in [5, 5.41) is 0.653. The molecule has 0 fully saturated rings. The van der Waals surface area contributed by atoms with Crippen molar-refractivity contribution in [3.63, 3.8) is 0 Å². The Morgan fingerprint density at radius 1 is 1.18 bits per heavy atom. The van der Waals surface area contributed by atoms with Crippen molar-refractivity contribution in [2.75, 3.05) is 12.4 Å². The minimum atomic E-state index is -0.716. The number of nitrogens with zero attached hydrogens (tertiary/aromatic N) is 2. The largest absolute Gasteiger partial charge is 0.487 e. The second-order valence-electron chi connectivity index (χ2n) is 9.02. The van der Waals surface area contributed by atoms with E-state index in [-0.39, 0.29) is 16.9 Å². The molecule has 0 bridgehead atoms. The first-order chi connectivity index (χ1) is 18.4. The van der Waals surface area contributed by atoms with Gasteiger partial charge in [0.05, 0.1) is 28.1 Å². The summed E-state index contributed by atoms with van der Waals surface area (Å²) in [7, 11) is 0. The molecule has 2 aromatic heterocycles. The van der Waals surface area contributed by atoms with Crippen LogP contribution in [-0.2, 0) is 29.0 Å². The molecule has 2 heterocycles. The summed E-state index contributed by atoms with van der Waals surface area (Å²) in [5.41, 5.74) is 11.9. The lowest BCUT2D eigenvalue weighted by atomic mass is 10.0. The number of aryl methyl sites for hydroxylation is 2. The van der Waals surface area contributed by atoms with E-state index in [4.69, 9.17) is 26.8 Å². The standard InChI is InChI=1S/C29H27ClFN3O3S/c1-2-36-29(35)25(32)16-38-28-21-4-3-11-33-26(21)10-7-17-6-9-20(13-22(17)28)37-15-19-8-5-18-12-24(31)23(30)14-27(18)34-19/h3-6,8-9,11-14,25,28H,2,7,10,15-16,32H2,1H3/t25?,28-/m1/s1. The number of hydrogen-bond donors (Lipinski definition) is 1. The summed E-state index contributed by atoms with van der Waals surface area (Å²) >= 11 is 7.54. The van der Waals surface area contributed by atoms with Crippen LogP contribution in [0.15, 0.2) is 60.8 Å². The molecule has 0 spiro atoms. The number of ether oxygens (including phenoxy) is 2. The van der Waals surface area contributed by atoms with Crippen molar-refractivity contribution in [3.8, 4) is 5.75 Å². The maximum Gasteiger partial charge on any atom is 0.323 e. The fourth-order valence-electron chi connectivity index (χ4n) is 4.55. The van der Waals surface area contributed by atoms with Gasteiger partial charge in [0.2, 0.25) is 0 Å². The fourth-order valence-corrected chi connectivity index (χ4v) is 6.03. The van der Waals surface area contributed by atoms with Gasteiger partial charge >= 0.3 is 5.97 Å². The highest BCUT2D eigenvalue weighted by molar-refractivity contribution is 7.99. The average Bonchev–Trinajstić information content (AvgIpc) is 3.07. The van der Waals surface area contributed by atoms with E-state index in [1.165, 1.54) is 17.7 Å². The van der Waals surface area contributed by atoms with Gasteiger partial charge in [-0.1, -0.05) is 29.8 Å². The van der Waals surface area contributed by atoms with Crippen molar-refractivity contribution in [2.24, 2.45) is 5.73 Å². The molecule has 2 aromatic carbocycles. The van der Waals surface area contributed by atoms with Crippen LogP contribution in [0.2, 0.25) is 5.02 Å². The zero-order chi connectivity index (χ0) is 26.6. The van der Waals surface area contributed by atoms with Crippen LogP contribution in [-0.4, -0.2) is 34.3 Å². The first-order valence-electron chi connectivity index (χ1n) is 12.4. The van der Waals surface area contributed by atoms with E-state index < -0.39 is 17.8 Å². The Morgan fingerprint density at radius 2 is 2.05 bits per heavy atom. The molecule has 2 atom stereocenters. The summed E-state index contributed by atoms with van der Waals surface area (Å²) in [4.78, 5) is 21.3. The van der Waals surface area contributed by atoms with Crippen molar-refractivity contribution in [2.45, 2.75) is 37.7 Å². The number of esters is 1. The maximum atomic E-state index is 13.8. The van der Waals surface area contributed by atoms with E-state index in [9.17, 15) is 9.18 Å². The van der Waals surface area contributed by atoms with Gasteiger partial charge in [-0.05, 0) is 72.9 Å². The summed E-state index contributed by atoms with van der Waals surface area (Å²) in [6, 6.07) is 15.9. The predicted molar refractivity (Wildman–Crippen MR) is 148 cm³/mol. The molecule has 5 rings (SSSR count).